The number of aromatic nitrogens is 1. The van der Waals surface area contributed by atoms with Crippen molar-refractivity contribution in [2.24, 2.45) is 0 Å². The molecule has 1 rings (SSSR count). The van der Waals surface area contributed by atoms with Gasteiger partial charge >= 0.3 is 5.97 Å². The van der Waals surface area contributed by atoms with Crippen LogP contribution in [-0.4, -0.2) is 17.7 Å². The number of hydrogen-bond donors (Lipinski definition) is 0. The van der Waals surface area contributed by atoms with Gasteiger partial charge in [-0.2, -0.15) is 0 Å². The van der Waals surface area contributed by atoms with Gasteiger partial charge in [-0.3, -0.25) is 0 Å². The Morgan fingerprint density at radius 3 is 3.00 bits per heavy atom. The van der Waals surface area contributed by atoms with E-state index < -0.39 is 0 Å². The first-order chi connectivity index (χ1) is 6.25. The quantitative estimate of drug-likeness (QED) is 0.528. The van der Waals surface area contributed by atoms with Crippen LogP contribution in [0.25, 0.3) is 0 Å². The van der Waals surface area contributed by atoms with Gasteiger partial charge in [0, 0.05) is 0 Å². The summed E-state index contributed by atoms with van der Waals surface area (Å²) in [4.78, 5) is 11.3. The Labute approximate surface area is 76.9 Å². The summed E-state index contributed by atoms with van der Waals surface area (Å²) in [6, 6.07) is 0. The molecule has 0 aromatic carbocycles. The first-order valence-corrected chi connectivity index (χ1v) is 4.34. The minimum absolute atomic E-state index is 0.354. The SMILES string of the molecule is CCCCOC(=O)c1cnoc1C. The molecule has 0 bridgehead atoms. The monoisotopic (exact) mass is 183 g/mol. The van der Waals surface area contributed by atoms with Gasteiger partial charge in [0.2, 0.25) is 0 Å². The molecule has 0 amide bonds. The van der Waals surface area contributed by atoms with Crippen molar-refractivity contribution >= 4 is 5.97 Å². The molecule has 0 saturated carbocycles. The lowest BCUT2D eigenvalue weighted by molar-refractivity contribution is 0.0498. The first kappa shape index (κ1) is 9.77. The molecule has 0 saturated heterocycles. The molecule has 1 aromatic heterocycles. The van der Waals surface area contributed by atoms with Gasteiger partial charge in [0.15, 0.2) is 0 Å². The number of aryl methyl sites for hydroxylation is 1. The van der Waals surface area contributed by atoms with Gasteiger partial charge < -0.3 is 9.26 Å². The van der Waals surface area contributed by atoms with Crippen molar-refractivity contribution in [3.63, 3.8) is 0 Å². The summed E-state index contributed by atoms with van der Waals surface area (Å²) < 4.78 is 9.71. The number of hydrogen-bond acceptors (Lipinski definition) is 4. The smallest absolute Gasteiger partial charge is 0.343 e. The first-order valence-electron chi connectivity index (χ1n) is 4.34. The predicted molar refractivity (Wildman–Crippen MR) is 46.4 cm³/mol. The Hall–Kier alpha value is -1.32. The standard InChI is InChI=1S/C9H13NO3/c1-3-4-5-12-9(11)8-6-10-13-7(8)2/h6H,3-5H2,1-2H3. The summed E-state index contributed by atoms with van der Waals surface area (Å²) in [6.45, 7) is 4.18. The van der Waals surface area contributed by atoms with E-state index in [0.29, 0.717) is 17.9 Å². The molecular formula is C9H13NO3. The second kappa shape index (κ2) is 4.64. The molecule has 0 fully saturated rings. The average molecular weight is 183 g/mol. The van der Waals surface area contributed by atoms with E-state index in [1.54, 1.807) is 6.92 Å². The number of rotatable bonds is 4. The predicted octanol–water partition coefficient (Wildman–Crippen LogP) is 1.94. The molecule has 4 nitrogen and oxygen atoms in total. The summed E-state index contributed by atoms with van der Waals surface area (Å²) in [5, 5.41) is 3.50. The second-order valence-corrected chi connectivity index (χ2v) is 2.79. The van der Waals surface area contributed by atoms with Crippen molar-refractivity contribution in [2.75, 3.05) is 6.61 Å². The maximum atomic E-state index is 11.3. The normalized spacial score (nSPS) is 10.0. The van der Waals surface area contributed by atoms with E-state index in [4.69, 9.17) is 9.26 Å². The number of carbonyl (C=O) groups excluding carboxylic acids is 1. The molecule has 72 valence electrons. The van der Waals surface area contributed by atoms with E-state index in [0.717, 1.165) is 12.8 Å². The van der Waals surface area contributed by atoms with Crippen molar-refractivity contribution in [3.05, 3.63) is 17.5 Å². The Kier molecular flexibility index (Phi) is 3.49. The van der Waals surface area contributed by atoms with Crippen molar-refractivity contribution in [2.45, 2.75) is 26.7 Å². The molecule has 0 aliphatic heterocycles. The number of esters is 1. The van der Waals surface area contributed by atoms with Crippen LogP contribution in [0.2, 0.25) is 0 Å². The number of unbranched alkanes of at least 4 members (excludes halogenated alkanes) is 1. The van der Waals surface area contributed by atoms with Gasteiger partial charge in [0.1, 0.15) is 11.3 Å². The maximum Gasteiger partial charge on any atom is 0.343 e. The molecule has 0 N–H and O–H groups in total. The molecule has 4 heteroatoms. The molecule has 0 spiro atoms. The zero-order valence-corrected chi connectivity index (χ0v) is 7.87. The Morgan fingerprint density at radius 1 is 1.69 bits per heavy atom. The van der Waals surface area contributed by atoms with Crippen LogP contribution in [0.5, 0.6) is 0 Å². The van der Waals surface area contributed by atoms with Crippen LogP contribution in [0.3, 0.4) is 0 Å². The number of ether oxygens (including phenoxy) is 1. The number of carbonyl (C=O) groups is 1. The minimum Gasteiger partial charge on any atom is -0.462 e. The zero-order valence-electron chi connectivity index (χ0n) is 7.87. The van der Waals surface area contributed by atoms with E-state index in [-0.39, 0.29) is 5.97 Å². The molecule has 0 aliphatic rings. The molecule has 1 heterocycles. The van der Waals surface area contributed by atoms with Crippen LogP contribution in [0.4, 0.5) is 0 Å². The minimum atomic E-state index is -0.354. The van der Waals surface area contributed by atoms with Gasteiger partial charge in [-0.15, -0.1) is 0 Å². The van der Waals surface area contributed by atoms with Gasteiger partial charge in [0.05, 0.1) is 12.8 Å². The van der Waals surface area contributed by atoms with Gasteiger partial charge in [-0.1, -0.05) is 18.5 Å². The highest BCUT2D eigenvalue weighted by molar-refractivity contribution is 5.89. The topological polar surface area (TPSA) is 52.3 Å². The Balaban J connectivity index is 2.45. The highest BCUT2D eigenvalue weighted by Gasteiger charge is 2.13. The van der Waals surface area contributed by atoms with E-state index in [2.05, 4.69) is 5.16 Å². The molecule has 0 radical (unpaired) electrons. The maximum absolute atomic E-state index is 11.3. The summed E-state index contributed by atoms with van der Waals surface area (Å²) in [5.74, 6) is 0.147. The fourth-order valence-corrected chi connectivity index (χ4v) is 0.882. The third-order valence-electron chi connectivity index (χ3n) is 1.70. The lowest BCUT2D eigenvalue weighted by Gasteiger charge is -2.00. The zero-order chi connectivity index (χ0) is 9.68. The molecular weight excluding hydrogens is 170 g/mol. The fourth-order valence-electron chi connectivity index (χ4n) is 0.882. The van der Waals surface area contributed by atoms with Crippen LogP contribution in [-0.2, 0) is 4.74 Å². The van der Waals surface area contributed by atoms with E-state index >= 15 is 0 Å². The summed E-state index contributed by atoms with van der Waals surface area (Å²) in [6.07, 6.45) is 3.27. The molecule has 0 atom stereocenters. The lowest BCUT2D eigenvalue weighted by atomic mass is 10.3. The largest absolute Gasteiger partial charge is 0.462 e. The van der Waals surface area contributed by atoms with Gasteiger partial charge in [-0.25, -0.2) is 4.79 Å². The van der Waals surface area contributed by atoms with Crippen molar-refractivity contribution in [1.82, 2.24) is 5.16 Å². The van der Waals surface area contributed by atoms with E-state index in [9.17, 15) is 4.79 Å². The van der Waals surface area contributed by atoms with Crippen LogP contribution in [0.15, 0.2) is 10.7 Å². The number of nitrogens with zero attached hydrogens (tertiary/aromatic N) is 1. The summed E-state index contributed by atoms with van der Waals surface area (Å²) in [5.41, 5.74) is 0.413. The van der Waals surface area contributed by atoms with Gasteiger partial charge in [-0.05, 0) is 13.3 Å². The molecule has 13 heavy (non-hydrogen) atoms. The van der Waals surface area contributed by atoms with Crippen LogP contribution in [0.1, 0.15) is 35.9 Å². The molecule has 0 aliphatic carbocycles. The Morgan fingerprint density at radius 2 is 2.46 bits per heavy atom. The fraction of sp³-hybridized carbons (Fsp3) is 0.556. The third-order valence-corrected chi connectivity index (χ3v) is 1.70. The van der Waals surface area contributed by atoms with Crippen LogP contribution < -0.4 is 0 Å². The Bertz CT molecular complexity index is 280. The van der Waals surface area contributed by atoms with Crippen molar-refractivity contribution in [1.29, 1.82) is 0 Å². The van der Waals surface area contributed by atoms with Crippen molar-refractivity contribution in [3.8, 4) is 0 Å². The highest BCUT2D eigenvalue weighted by Crippen LogP contribution is 2.07. The molecule has 0 unspecified atom stereocenters. The second-order valence-electron chi connectivity index (χ2n) is 2.79. The third kappa shape index (κ3) is 2.57. The lowest BCUT2D eigenvalue weighted by Crippen LogP contribution is -2.06. The van der Waals surface area contributed by atoms with Crippen LogP contribution in [0, 0.1) is 6.92 Å². The van der Waals surface area contributed by atoms with E-state index in [1.807, 2.05) is 6.92 Å². The van der Waals surface area contributed by atoms with Crippen LogP contribution >= 0.6 is 0 Å². The summed E-state index contributed by atoms with van der Waals surface area (Å²) >= 11 is 0. The average Bonchev–Trinajstić information content (AvgIpc) is 2.52. The van der Waals surface area contributed by atoms with E-state index in [1.165, 1.54) is 6.20 Å². The highest BCUT2D eigenvalue weighted by atomic mass is 16.5. The summed E-state index contributed by atoms with van der Waals surface area (Å²) in [7, 11) is 0. The van der Waals surface area contributed by atoms with Gasteiger partial charge in [0.25, 0.3) is 0 Å². The molecule has 1 aromatic rings. The van der Waals surface area contributed by atoms with Crippen molar-refractivity contribution < 1.29 is 14.1 Å².